The summed E-state index contributed by atoms with van der Waals surface area (Å²) in [5, 5.41) is 11.8. The van der Waals surface area contributed by atoms with Gasteiger partial charge in [-0.1, -0.05) is 29.7 Å². The van der Waals surface area contributed by atoms with Crippen LogP contribution in [0.25, 0.3) is 10.1 Å². The molecule has 0 saturated heterocycles. The van der Waals surface area contributed by atoms with E-state index in [-0.39, 0.29) is 5.56 Å². The van der Waals surface area contributed by atoms with Crippen LogP contribution < -0.4 is 5.56 Å². The number of thiophene rings is 1. The van der Waals surface area contributed by atoms with E-state index in [1.54, 1.807) is 24.3 Å². The molecule has 6 heteroatoms. The van der Waals surface area contributed by atoms with Crippen LogP contribution in [0.15, 0.2) is 46.6 Å². The highest BCUT2D eigenvalue weighted by Gasteiger charge is 2.26. The zero-order valence-corrected chi connectivity index (χ0v) is 11.3. The van der Waals surface area contributed by atoms with Gasteiger partial charge in [0.1, 0.15) is 0 Å². The first-order chi connectivity index (χ1) is 9.18. The van der Waals surface area contributed by atoms with Crippen LogP contribution in [0.1, 0.15) is 10.9 Å². The van der Waals surface area contributed by atoms with Crippen LogP contribution in [0, 0.1) is 0 Å². The molecule has 1 aromatic carbocycles. The highest BCUT2D eigenvalue weighted by Crippen LogP contribution is 2.27. The van der Waals surface area contributed by atoms with Crippen molar-refractivity contribution in [2.45, 2.75) is 6.04 Å². The number of carboxylic acids is 1. The molecule has 2 aromatic heterocycles. The molecule has 1 unspecified atom stereocenters. The molecule has 0 amide bonds. The van der Waals surface area contributed by atoms with Crippen molar-refractivity contribution in [1.29, 1.82) is 0 Å². The van der Waals surface area contributed by atoms with Crippen LogP contribution in [0.4, 0.5) is 0 Å². The van der Waals surface area contributed by atoms with E-state index in [9.17, 15) is 14.7 Å². The van der Waals surface area contributed by atoms with E-state index in [0.29, 0.717) is 10.3 Å². The van der Waals surface area contributed by atoms with Gasteiger partial charge >= 0.3 is 5.97 Å². The Morgan fingerprint density at radius 2 is 2.00 bits per heavy atom. The molecule has 0 bridgehead atoms. The quantitative estimate of drug-likeness (QED) is 0.807. The summed E-state index contributed by atoms with van der Waals surface area (Å²) in [6.45, 7) is 0. The number of nitrogens with zero attached hydrogens (tertiary/aromatic N) is 1. The second-order valence-electron chi connectivity index (χ2n) is 3.97. The maximum Gasteiger partial charge on any atom is 0.333 e. The molecule has 19 heavy (non-hydrogen) atoms. The van der Waals surface area contributed by atoms with Crippen LogP contribution in [0.2, 0.25) is 0 Å². The molecular formula is C13H9NO3S2. The summed E-state index contributed by atoms with van der Waals surface area (Å²) in [5.41, 5.74) is -0.249. The van der Waals surface area contributed by atoms with Gasteiger partial charge in [0.05, 0.1) is 10.1 Å². The predicted octanol–water partition coefficient (Wildman–Crippen LogP) is 2.80. The minimum Gasteiger partial charge on any atom is -0.479 e. The number of aliphatic carboxylic acids is 1. The molecule has 4 nitrogen and oxygen atoms in total. The summed E-state index contributed by atoms with van der Waals surface area (Å²) in [7, 11) is 0. The van der Waals surface area contributed by atoms with Crippen molar-refractivity contribution in [3.05, 3.63) is 57.0 Å². The van der Waals surface area contributed by atoms with E-state index in [1.165, 1.54) is 26.8 Å². The van der Waals surface area contributed by atoms with Crippen LogP contribution in [-0.2, 0) is 4.79 Å². The molecule has 0 fully saturated rings. The van der Waals surface area contributed by atoms with Gasteiger partial charge in [-0.25, -0.2) is 8.75 Å². The largest absolute Gasteiger partial charge is 0.479 e. The van der Waals surface area contributed by atoms with Gasteiger partial charge in [0.2, 0.25) is 0 Å². The summed E-state index contributed by atoms with van der Waals surface area (Å²) < 4.78 is 2.13. The second-order valence-corrected chi connectivity index (χ2v) is 5.97. The summed E-state index contributed by atoms with van der Waals surface area (Å²) in [6, 6.07) is 9.74. The number of benzene rings is 1. The molecule has 0 radical (unpaired) electrons. The van der Waals surface area contributed by atoms with Crippen molar-refractivity contribution in [1.82, 2.24) is 3.96 Å². The van der Waals surface area contributed by atoms with Crippen LogP contribution in [0.3, 0.4) is 0 Å². The fourth-order valence-electron chi connectivity index (χ4n) is 1.94. The van der Waals surface area contributed by atoms with Gasteiger partial charge in [0.15, 0.2) is 6.04 Å². The Labute approximate surface area is 116 Å². The number of carbonyl (C=O) groups is 1. The molecular weight excluding hydrogens is 282 g/mol. The van der Waals surface area contributed by atoms with Gasteiger partial charge in [-0.3, -0.25) is 4.79 Å². The summed E-state index contributed by atoms with van der Waals surface area (Å²) in [4.78, 5) is 24.4. The average molecular weight is 291 g/mol. The van der Waals surface area contributed by atoms with Crippen molar-refractivity contribution in [3.63, 3.8) is 0 Å². The molecule has 3 rings (SSSR count). The second kappa shape index (κ2) is 4.64. The lowest BCUT2D eigenvalue weighted by Gasteiger charge is -2.09. The molecule has 1 atom stereocenters. The van der Waals surface area contributed by atoms with E-state index in [0.717, 1.165) is 4.70 Å². The standard InChI is InChI=1S/C13H9NO3S2/c15-12-8-4-1-2-5-9(8)19-14(12)11(13(16)17)10-6-3-7-18-10/h1-7,11H,(H,16,17). The minimum atomic E-state index is -1.02. The average Bonchev–Trinajstić information content (AvgIpc) is 3.00. The smallest absolute Gasteiger partial charge is 0.333 e. The fraction of sp³-hybridized carbons (Fsp3) is 0.0769. The molecule has 0 saturated carbocycles. The zero-order chi connectivity index (χ0) is 13.4. The maximum absolute atomic E-state index is 12.3. The first-order valence-corrected chi connectivity index (χ1v) is 7.20. The normalized spacial score (nSPS) is 12.6. The van der Waals surface area contributed by atoms with Crippen molar-refractivity contribution >= 4 is 38.9 Å². The fourth-order valence-corrected chi connectivity index (χ4v) is 3.91. The van der Waals surface area contributed by atoms with Gasteiger partial charge in [-0.15, -0.1) is 11.3 Å². The van der Waals surface area contributed by atoms with Gasteiger partial charge in [-0.05, 0) is 23.6 Å². The highest BCUT2D eigenvalue weighted by molar-refractivity contribution is 7.14. The van der Waals surface area contributed by atoms with Crippen LogP contribution >= 0.6 is 22.9 Å². The number of carboxylic acid groups (broad SMARTS) is 1. The Morgan fingerprint density at radius 1 is 1.21 bits per heavy atom. The third-order valence-corrected chi connectivity index (χ3v) is 4.85. The number of hydrogen-bond donors (Lipinski definition) is 1. The molecule has 2 heterocycles. The molecule has 0 aliphatic rings. The van der Waals surface area contributed by atoms with Crippen molar-refractivity contribution in [2.24, 2.45) is 0 Å². The first-order valence-electron chi connectivity index (χ1n) is 5.55. The highest BCUT2D eigenvalue weighted by atomic mass is 32.1. The Morgan fingerprint density at radius 3 is 2.63 bits per heavy atom. The topological polar surface area (TPSA) is 59.3 Å². The summed E-state index contributed by atoms with van der Waals surface area (Å²) in [6.07, 6.45) is 0. The van der Waals surface area contributed by atoms with Crippen molar-refractivity contribution < 1.29 is 9.90 Å². The monoisotopic (exact) mass is 291 g/mol. The first kappa shape index (κ1) is 12.1. The molecule has 0 spiro atoms. The van der Waals surface area contributed by atoms with Gasteiger partial charge in [0, 0.05) is 4.88 Å². The number of aromatic nitrogens is 1. The Kier molecular flexibility index (Phi) is 2.96. The zero-order valence-electron chi connectivity index (χ0n) is 9.65. The Balaban J connectivity index is 2.24. The SMILES string of the molecule is O=C(O)C(c1cccs1)n1sc2ccccc2c1=O. The number of fused-ring (bicyclic) bond motifs is 1. The summed E-state index contributed by atoms with van der Waals surface area (Å²) in [5.74, 6) is -1.02. The van der Waals surface area contributed by atoms with E-state index < -0.39 is 12.0 Å². The third kappa shape index (κ3) is 1.98. The predicted molar refractivity (Wildman–Crippen MR) is 76.2 cm³/mol. The number of hydrogen-bond acceptors (Lipinski definition) is 4. The minimum absolute atomic E-state index is 0.249. The third-order valence-electron chi connectivity index (χ3n) is 2.80. The lowest BCUT2D eigenvalue weighted by molar-refractivity contribution is -0.139. The van der Waals surface area contributed by atoms with E-state index >= 15 is 0 Å². The lowest BCUT2D eigenvalue weighted by Crippen LogP contribution is -2.25. The molecule has 1 N–H and O–H groups in total. The van der Waals surface area contributed by atoms with Gasteiger partial charge in [-0.2, -0.15) is 0 Å². The lowest BCUT2D eigenvalue weighted by atomic mass is 10.2. The summed E-state index contributed by atoms with van der Waals surface area (Å²) >= 11 is 2.53. The van der Waals surface area contributed by atoms with Crippen molar-refractivity contribution in [2.75, 3.05) is 0 Å². The molecule has 96 valence electrons. The van der Waals surface area contributed by atoms with E-state index in [4.69, 9.17) is 0 Å². The van der Waals surface area contributed by atoms with Crippen LogP contribution in [0.5, 0.6) is 0 Å². The molecule has 3 aromatic rings. The van der Waals surface area contributed by atoms with Gasteiger partial charge in [0.25, 0.3) is 5.56 Å². The number of rotatable bonds is 3. The van der Waals surface area contributed by atoms with E-state index in [1.807, 2.05) is 17.5 Å². The molecule has 0 aliphatic carbocycles. The van der Waals surface area contributed by atoms with Crippen LogP contribution in [-0.4, -0.2) is 15.0 Å². The van der Waals surface area contributed by atoms with Gasteiger partial charge < -0.3 is 5.11 Å². The maximum atomic E-state index is 12.3. The molecule has 0 aliphatic heterocycles. The Hall–Kier alpha value is -1.92. The van der Waals surface area contributed by atoms with E-state index in [2.05, 4.69) is 0 Å². The van der Waals surface area contributed by atoms with Crippen molar-refractivity contribution in [3.8, 4) is 0 Å². The Bertz CT molecular complexity index is 786.